The van der Waals surface area contributed by atoms with Crippen LogP contribution in [0.5, 0.6) is 0 Å². The van der Waals surface area contributed by atoms with Gasteiger partial charge >= 0.3 is 6.18 Å². The number of halogens is 3. The number of hydrogen-bond acceptors (Lipinski definition) is 3. The molecule has 0 unspecified atom stereocenters. The van der Waals surface area contributed by atoms with E-state index in [0.29, 0.717) is 17.4 Å². The summed E-state index contributed by atoms with van der Waals surface area (Å²) in [6.45, 7) is 3.80. The molecule has 0 radical (unpaired) electrons. The smallest absolute Gasteiger partial charge is 0.322 e. The molecule has 1 heterocycles. The molecule has 1 aromatic carbocycles. The number of nitrogens with one attached hydrogen (secondary N) is 1. The Kier molecular flexibility index (Phi) is 5.30. The van der Waals surface area contributed by atoms with Gasteiger partial charge in [-0.3, -0.25) is 4.79 Å². The summed E-state index contributed by atoms with van der Waals surface area (Å²) in [5.41, 5.74) is 2.69. The van der Waals surface area contributed by atoms with Crippen LogP contribution in [0.1, 0.15) is 21.5 Å². The molecular formula is C16H15F3N2OS. The van der Waals surface area contributed by atoms with Crippen molar-refractivity contribution in [3.63, 3.8) is 0 Å². The summed E-state index contributed by atoms with van der Waals surface area (Å²) in [5, 5.41) is 2.77. The van der Waals surface area contributed by atoms with Gasteiger partial charge in [0.25, 0.3) is 5.91 Å². The summed E-state index contributed by atoms with van der Waals surface area (Å²) in [6.07, 6.45) is -2.95. The number of aromatic nitrogens is 1. The number of thioether (sulfide) groups is 1. The quantitative estimate of drug-likeness (QED) is 0.827. The summed E-state index contributed by atoms with van der Waals surface area (Å²) in [7, 11) is 0. The normalized spacial score (nSPS) is 11.3. The second kappa shape index (κ2) is 7.04. The van der Waals surface area contributed by atoms with E-state index in [1.165, 1.54) is 18.3 Å². The van der Waals surface area contributed by atoms with E-state index >= 15 is 0 Å². The minimum atomic E-state index is -4.32. The van der Waals surface area contributed by atoms with E-state index in [-0.39, 0.29) is 10.6 Å². The van der Waals surface area contributed by atoms with Gasteiger partial charge in [-0.2, -0.15) is 13.2 Å². The van der Waals surface area contributed by atoms with Crippen molar-refractivity contribution in [2.24, 2.45) is 0 Å². The molecule has 0 saturated carbocycles. The molecule has 0 atom stereocenters. The maximum atomic E-state index is 12.4. The number of nitrogens with zero attached hydrogens (tertiary/aromatic N) is 1. The molecule has 1 amide bonds. The first-order chi connectivity index (χ1) is 10.7. The van der Waals surface area contributed by atoms with Crippen molar-refractivity contribution < 1.29 is 18.0 Å². The van der Waals surface area contributed by atoms with E-state index in [1.54, 1.807) is 12.1 Å². The van der Waals surface area contributed by atoms with Gasteiger partial charge in [0.15, 0.2) is 0 Å². The Bertz CT molecular complexity index is 696. The molecule has 2 rings (SSSR count). The van der Waals surface area contributed by atoms with Crippen LogP contribution < -0.4 is 5.32 Å². The number of alkyl halides is 3. The monoisotopic (exact) mass is 340 g/mol. The summed E-state index contributed by atoms with van der Waals surface area (Å²) < 4.78 is 37.1. The first kappa shape index (κ1) is 17.3. The van der Waals surface area contributed by atoms with E-state index in [1.807, 2.05) is 19.9 Å². The third-order valence-corrected chi connectivity index (χ3v) is 3.94. The van der Waals surface area contributed by atoms with Crippen LogP contribution in [0.2, 0.25) is 0 Å². The lowest BCUT2D eigenvalue weighted by Gasteiger charge is -2.11. The molecule has 0 aliphatic heterocycles. The molecule has 3 nitrogen and oxygen atoms in total. The minimum Gasteiger partial charge on any atom is -0.322 e. The first-order valence-corrected chi connectivity index (χ1v) is 7.77. The van der Waals surface area contributed by atoms with E-state index in [2.05, 4.69) is 10.3 Å². The summed E-state index contributed by atoms with van der Waals surface area (Å²) >= 11 is 0.502. The number of benzene rings is 1. The molecule has 7 heteroatoms. The number of rotatable bonds is 4. The standard InChI is InChI=1S/C16H15F3N2OS/c1-10-6-11(2)8-12(7-10)21-14(22)13-4-3-5-20-15(13)23-9-16(17,18)19/h3-8H,9H2,1-2H3,(H,21,22). The van der Waals surface area contributed by atoms with Crippen molar-refractivity contribution >= 4 is 23.4 Å². The Morgan fingerprint density at radius 3 is 2.48 bits per heavy atom. The van der Waals surface area contributed by atoms with E-state index in [4.69, 9.17) is 0 Å². The SMILES string of the molecule is Cc1cc(C)cc(NC(=O)c2cccnc2SCC(F)(F)F)c1. The van der Waals surface area contributed by atoms with Crippen LogP contribution in [0, 0.1) is 13.8 Å². The Hall–Kier alpha value is -2.02. The van der Waals surface area contributed by atoms with E-state index in [9.17, 15) is 18.0 Å². The number of amides is 1. The van der Waals surface area contributed by atoms with Crippen LogP contribution in [-0.4, -0.2) is 22.8 Å². The highest BCUT2D eigenvalue weighted by atomic mass is 32.2. The Labute approximate surface area is 136 Å². The largest absolute Gasteiger partial charge is 0.398 e. The van der Waals surface area contributed by atoms with Crippen LogP contribution >= 0.6 is 11.8 Å². The first-order valence-electron chi connectivity index (χ1n) is 6.79. The number of carbonyl (C=O) groups excluding carboxylic acids is 1. The molecule has 0 aliphatic carbocycles. The molecule has 0 saturated heterocycles. The fraction of sp³-hybridized carbons (Fsp3) is 0.250. The minimum absolute atomic E-state index is 0.0618. The highest BCUT2D eigenvalue weighted by molar-refractivity contribution is 7.99. The van der Waals surface area contributed by atoms with Crippen molar-refractivity contribution in [2.45, 2.75) is 25.0 Å². The van der Waals surface area contributed by atoms with Gasteiger partial charge < -0.3 is 5.32 Å². The zero-order valence-electron chi connectivity index (χ0n) is 12.6. The molecule has 2 aromatic rings. The van der Waals surface area contributed by atoms with Crippen LogP contribution in [0.3, 0.4) is 0 Å². The summed E-state index contributed by atoms with van der Waals surface area (Å²) in [5.74, 6) is -1.57. The molecule has 1 N–H and O–H groups in total. The lowest BCUT2D eigenvalue weighted by molar-refractivity contribution is -0.105. The Morgan fingerprint density at radius 1 is 1.22 bits per heavy atom. The van der Waals surface area contributed by atoms with Crippen molar-refractivity contribution in [1.82, 2.24) is 4.98 Å². The third-order valence-electron chi connectivity index (χ3n) is 2.87. The number of pyridine rings is 1. The highest BCUT2D eigenvalue weighted by Gasteiger charge is 2.28. The number of carbonyl (C=O) groups is 1. The van der Waals surface area contributed by atoms with Gasteiger partial charge in [0.05, 0.1) is 11.3 Å². The fourth-order valence-corrected chi connectivity index (χ4v) is 2.83. The van der Waals surface area contributed by atoms with Crippen LogP contribution in [-0.2, 0) is 0 Å². The maximum absolute atomic E-state index is 12.4. The average molecular weight is 340 g/mol. The average Bonchev–Trinajstić information content (AvgIpc) is 2.43. The third kappa shape index (κ3) is 5.28. The fourth-order valence-electron chi connectivity index (χ4n) is 2.07. The zero-order valence-corrected chi connectivity index (χ0v) is 13.4. The second-order valence-electron chi connectivity index (χ2n) is 5.09. The second-order valence-corrected chi connectivity index (χ2v) is 6.05. The molecule has 0 aliphatic rings. The van der Waals surface area contributed by atoms with Gasteiger partial charge in [-0.15, -0.1) is 0 Å². The Balaban J connectivity index is 2.19. The predicted molar refractivity (Wildman–Crippen MR) is 84.9 cm³/mol. The topological polar surface area (TPSA) is 42.0 Å². The summed E-state index contributed by atoms with van der Waals surface area (Å²) in [6, 6.07) is 8.54. The zero-order chi connectivity index (χ0) is 17.0. The van der Waals surface area contributed by atoms with Crippen molar-refractivity contribution in [1.29, 1.82) is 0 Å². The van der Waals surface area contributed by atoms with Gasteiger partial charge in [-0.25, -0.2) is 4.98 Å². The van der Waals surface area contributed by atoms with Gasteiger partial charge in [-0.05, 0) is 49.2 Å². The number of aryl methyl sites for hydroxylation is 2. The molecule has 0 bridgehead atoms. The van der Waals surface area contributed by atoms with Gasteiger partial charge in [0, 0.05) is 11.9 Å². The van der Waals surface area contributed by atoms with Crippen molar-refractivity contribution in [3.05, 3.63) is 53.2 Å². The molecule has 0 spiro atoms. The molecular weight excluding hydrogens is 325 g/mol. The Morgan fingerprint density at radius 2 is 1.87 bits per heavy atom. The number of hydrogen-bond donors (Lipinski definition) is 1. The summed E-state index contributed by atoms with van der Waals surface area (Å²) in [4.78, 5) is 16.2. The van der Waals surface area contributed by atoms with E-state index in [0.717, 1.165) is 11.1 Å². The van der Waals surface area contributed by atoms with Gasteiger partial charge in [-0.1, -0.05) is 17.8 Å². The molecule has 1 aromatic heterocycles. The lowest BCUT2D eigenvalue weighted by Crippen LogP contribution is -2.15. The van der Waals surface area contributed by atoms with Gasteiger partial charge in [0.2, 0.25) is 0 Å². The van der Waals surface area contributed by atoms with Crippen molar-refractivity contribution in [3.8, 4) is 0 Å². The van der Waals surface area contributed by atoms with Crippen LogP contribution in [0.4, 0.5) is 18.9 Å². The number of anilines is 1. The van der Waals surface area contributed by atoms with Crippen molar-refractivity contribution in [2.75, 3.05) is 11.1 Å². The molecule has 122 valence electrons. The molecule has 23 heavy (non-hydrogen) atoms. The van der Waals surface area contributed by atoms with E-state index < -0.39 is 17.8 Å². The lowest BCUT2D eigenvalue weighted by atomic mass is 10.1. The molecule has 0 fully saturated rings. The highest BCUT2D eigenvalue weighted by Crippen LogP contribution is 2.28. The van der Waals surface area contributed by atoms with Crippen LogP contribution in [0.15, 0.2) is 41.6 Å². The van der Waals surface area contributed by atoms with Gasteiger partial charge in [0.1, 0.15) is 5.03 Å². The van der Waals surface area contributed by atoms with Crippen LogP contribution in [0.25, 0.3) is 0 Å². The predicted octanol–water partition coefficient (Wildman–Crippen LogP) is 4.61. The maximum Gasteiger partial charge on any atom is 0.398 e.